The molecule has 142 valence electrons. The second-order valence-electron chi connectivity index (χ2n) is 6.57. The highest BCUT2D eigenvalue weighted by Crippen LogP contribution is 2.32. The molecule has 0 aliphatic heterocycles. The van der Waals surface area contributed by atoms with E-state index in [0.29, 0.717) is 5.75 Å². The molecule has 0 amide bonds. The van der Waals surface area contributed by atoms with Crippen LogP contribution in [0.15, 0.2) is 84.3 Å². The number of hydrogen-bond acceptors (Lipinski definition) is 5. The van der Waals surface area contributed by atoms with Crippen LogP contribution in [0.3, 0.4) is 0 Å². The maximum Gasteiger partial charge on any atom is 0.196 e. The van der Waals surface area contributed by atoms with Crippen LogP contribution in [-0.4, -0.2) is 26.9 Å². The standard InChI is InChI=1S/C23H18N4OS/c1-28-22-13-7-6-12-21(22)27-15-24-26-23(27)29-14-20-18-10-3-2-8-16(18)17-9-4-5-11-19(17)25-20/h2-13,15H,14H2,1H3. The lowest BCUT2D eigenvalue weighted by atomic mass is 10.0. The van der Waals surface area contributed by atoms with Crippen LogP contribution < -0.4 is 4.74 Å². The van der Waals surface area contributed by atoms with Gasteiger partial charge < -0.3 is 4.74 Å². The molecule has 2 aromatic heterocycles. The molecule has 2 heterocycles. The average molecular weight is 398 g/mol. The summed E-state index contributed by atoms with van der Waals surface area (Å²) in [6, 6.07) is 24.6. The molecule has 0 unspecified atom stereocenters. The number of hydrogen-bond donors (Lipinski definition) is 0. The SMILES string of the molecule is COc1ccccc1-n1cnnc1SCc1nc2ccccc2c2ccccc12. The molecular weight excluding hydrogens is 380 g/mol. The van der Waals surface area contributed by atoms with Gasteiger partial charge >= 0.3 is 0 Å². The van der Waals surface area contributed by atoms with Gasteiger partial charge in [0.2, 0.25) is 0 Å². The second-order valence-corrected chi connectivity index (χ2v) is 7.51. The van der Waals surface area contributed by atoms with Crippen LogP contribution in [-0.2, 0) is 5.75 Å². The third-order valence-electron chi connectivity index (χ3n) is 4.89. The number of para-hydroxylation sites is 3. The Labute approximate surface area is 172 Å². The van der Waals surface area contributed by atoms with Crippen LogP contribution in [0.4, 0.5) is 0 Å². The molecule has 0 N–H and O–H groups in total. The first kappa shape index (κ1) is 17.7. The van der Waals surface area contributed by atoms with Gasteiger partial charge in [0.1, 0.15) is 12.1 Å². The van der Waals surface area contributed by atoms with Crippen LogP contribution in [0.5, 0.6) is 5.75 Å². The lowest BCUT2D eigenvalue weighted by molar-refractivity contribution is 0.412. The van der Waals surface area contributed by atoms with Gasteiger partial charge in [-0.3, -0.25) is 9.55 Å². The van der Waals surface area contributed by atoms with Crippen molar-refractivity contribution >= 4 is 33.4 Å². The minimum atomic E-state index is 0.694. The maximum atomic E-state index is 5.49. The van der Waals surface area contributed by atoms with Gasteiger partial charge in [0.15, 0.2) is 5.16 Å². The Kier molecular flexibility index (Phi) is 4.62. The fraction of sp³-hybridized carbons (Fsp3) is 0.0870. The van der Waals surface area contributed by atoms with E-state index in [4.69, 9.17) is 9.72 Å². The zero-order valence-corrected chi connectivity index (χ0v) is 16.6. The van der Waals surface area contributed by atoms with Crippen LogP contribution in [0, 0.1) is 0 Å². The van der Waals surface area contributed by atoms with Gasteiger partial charge in [0.25, 0.3) is 0 Å². The average Bonchev–Trinajstić information content (AvgIpc) is 3.26. The summed E-state index contributed by atoms with van der Waals surface area (Å²) in [7, 11) is 1.67. The molecule has 29 heavy (non-hydrogen) atoms. The van der Waals surface area contributed by atoms with Crippen LogP contribution in [0.2, 0.25) is 0 Å². The van der Waals surface area contributed by atoms with Gasteiger partial charge in [0.05, 0.1) is 24.0 Å². The Morgan fingerprint density at radius 2 is 1.59 bits per heavy atom. The molecule has 0 fully saturated rings. The summed E-state index contributed by atoms with van der Waals surface area (Å²) in [5, 5.41) is 12.8. The number of thioether (sulfide) groups is 1. The van der Waals surface area contributed by atoms with Gasteiger partial charge in [-0.2, -0.15) is 0 Å². The highest BCUT2D eigenvalue weighted by Gasteiger charge is 2.13. The monoisotopic (exact) mass is 398 g/mol. The Balaban J connectivity index is 1.53. The number of fused-ring (bicyclic) bond motifs is 3. The fourth-order valence-corrected chi connectivity index (χ4v) is 4.41. The number of ether oxygens (including phenoxy) is 1. The number of methoxy groups -OCH3 is 1. The van der Waals surface area contributed by atoms with Crippen LogP contribution >= 0.6 is 11.8 Å². The molecule has 5 aromatic rings. The normalized spacial score (nSPS) is 11.2. The summed E-state index contributed by atoms with van der Waals surface area (Å²) in [5.41, 5.74) is 2.96. The summed E-state index contributed by atoms with van der Waals surface area (Å²) in [6.07, 6.45) is 1.71. The van der Waals surface area contributed by atoms with E-state index in [0.717, 1.165) is 27.8 Å². The molecule has 0 atom stereocenters. The fourth-order valence-electron chi connectivity index (χ4n) is 3.53. The van der Waals surface area contributed by atoms with E-state index >= 15 is 0 Å². The number of nitrogens with zero attached hydrogens (tertiary/aromatic N) is 4. The molecule has 0 aliphatic carbocycles. The van der Waals surface area contributed by atoms with E-state index in [9.17, 15) is 0 Å². The minimum absolute atomic E-state index is 0.694. The summed E-state index contributed by atoms with van der Waals surface area (Å²) in [5.74, 6) is 1.47. The molecule has 0 saturated carbocycles. The van der Waals surface area contributed by atoms with Crippen molar-refractivity contribution in [3.8, 4) is 11.4 Å². The summed E-state index contributed by atoms with van der Waals surface area (Å²) in [4.78, 5) is 4.94. The number of rotatable bonds is 5. The largest absolute Gasteiger partial charge is 0.495 e. The summed E-state index contributed by atoms with van der Waals surface area (Å²) < 4.78 is 7.45. The molecule has 5 rings (SSSR count). The third kappa shape index (κ3) is 3.21. The zero-order chi connectivity index (χ0) is 19.6. The van der Waals surface area contributed by atoms with Crippen molar-refractivity contribution in [3.05, 3.63) is 84.8 Å². The van der Waals surface area contributed by atoms with Crippen molar-refractivity contribution in [2.24, 2.45) is 0 Å². The molecule has 0 radical (unpaired) electrons. The van der Waals surface area contributed by atoms with Gasteiger partial charge in [-0.25, -0.2) is 0 Å². The lowest BCUT2D eigenvalue weighted by Crippen LogP contribution is -1.99. The topological polar surface area (TPSA) is 52.8 Å². The quantitative estimate of drug-likeness (QED) is 0.298. The van der Waals surface area contributed by atoms with Crippen molar-refractivity contribution in [3.63, 3.8) is 0 Å². The van der Waals surface area contributed by atoms with Gasteiger partial charge in [-0.1, -0.05) is 66.4 Å². The Hall–Kier alpha value is -3.38. The Morgan fingerprint density at radius 3 is 2.45 bits per heavy atom. The summed E-state index contributed by atoms with van der Waals surface area (Å²) in [6.45, 7) is 0. The highest BCUT2D eigenvalue weighted by molar-refractivity contribution is 7.98. The van der Waals surface area contributed by atoms with E-state index in [-0.39, 0.29) is 0 Å². The predicted molar refractivity (Wildman–Crippen MR) is 117 cm³/mol. The van der Waals surface area contributed by atoms with E-state index in [2.05, 4.69) is 52.7 Å². The predicted octanol–water partition coefficient (Wildman–Crippen LogP) is 5.27. The molecule has 5 nitrogen and oxygen atoms in total. The van der Waals surface area contributed by atoms with Crippen molar-refractivity contribution in [1.29, 1.82) is 0 Å². The van der Waals surface area contributed by atoms with Crippen molar-refractivity contribution in [2.75, 3.05) is 7.11 Å². The molecule has 0 aliphatic rings. The van der Waals surface area contributed by atoms with E-state index in [1.807, 2.05) is 34.9 Å². The van der Waals surface area contributed by atoms with Gasteiger partial charge in [-0.05, 0) is 23.6 Å². The van der Waals surface area contributed by atoms with Crippen molar-refractivity contribution < 1.29 is 4.74 Å². The van der Waals surface area contributed by atoms with E-state index < -0.39 is 0 Å². The molecule has 0 spiro atoms. The second kappa shape index (κ2) is 7.56. The number of benzene rings is 3. The first-order chi connectivity index (χ1) is 14.3. The Bertz CT molecular complexity index is 1310. The first-order valence-electron chi connectivity index (χ1n) is 9.28. The third-order valence-corrected chi connectivity index (χ3v) is 5.84. The van der Waals surface area contributed by atoms with Crippen molar-refractivity contribution in [1.82, 2.24) is 19.7 Å². The molecule has 0 bridgehead atoms. The minimum Gasteiger partial charge on any atom is -0.495 e. The Morgan fingerprint density at radius 1 is 0.862 bits per heavy atom. The van der Waals surface area contributed by atoms with Crippen LogP contribution in [0.1, 0.15) is 5.69 Å². The summed E-state index contributed by atoms with van der Waals surface area (Å²) >= 11 is 1.62. The number of aromatic nitrogens is 4. The van der Waals surface area contributed by atoms with E-state index in [1.165, 1.54) is 16.2 Å². The molecule has 6 heteroatoms. The maximum absolute atomic E-state index is 5.49. The van der Waals surface area contributed by atoms with Crippen molar-refractivity contribution in [2.45, 2.75) is 10.9 Å². The molecule has 0 saturated heterocycles. The van der Waals surface area contributed by atoms with Gasteiger partial charge in [0, 0.05) is 16.5 Å². The highest BCUT2D eigenvalue weighted by atomic mass is 32.2. The molecule has 3 aromatic carbocycles. The van der Waals surface area contributed by atoms with Gasteiger partial charge in [-0.15, -0.1) is 10.2 Å². The number of pyridine rings is 1. The first-order valence-corrected chi connectivity index (χ1v) is 10.3. The molecular formula is C23H18N4OS. The van der Waals surface area contributed by atoms with E-state index in [1.54, 1.807) is 25.2 Å². The van der Waals surface area contributed by atoms with Crippen LogP contribution in [0.25, 0.3) is 27.4 Å². The lowest BCUT2D eigenvalue weighted by Gasteiger charge is -2.12. The smallest absolute Gasteiger partial charge is 0.196 e. The zero-order valence-electron chi connectivity index (χ0n) is 15.8.